The highest BCUT2D eigenvalue weighted by Gasteiger charge is 2.15. The number of alkyl halides is 2. The van der Waals surface area contributed by atoms with E-state index in [0.29, 0.717) is 11.3 Å². The van der Waals surface area contributed by atoms with E-state index >= 15 is 0 Å². The van der Waals surface area contributed by atoms with Gasteiger partial charge in [-0.05, 0) is 44.5 Å². The van der Waals surface area contributed by atoms with Crippen molar-refractivity contribution in [3.05, 3.63) is 59.2 Å². The molecule has 0 fully saturated rings. The number of amides is 1. The summed E-state index contributed by atoms with van der Waals surface area (Å²) in [6, 6.07) is 11.8. The monoisotopic (exact) mass is 362 g/mol. The lowest BCUT2D eigenvalue weighted by Gasteiger charge is -2.13. The molecule has 1 amide bonds. The fourth-order valence-corrected chi connectivity index (χ4v) is 2.21. The maximum Gasteiger partial charge on any atom is 0.387 e. The van der Waals surface area contributed by atoms with E-state index in [2.05, 4.69) is 15.2 Å². The van der Waals surface area contributed by atoms with Crippen LogP contribution in [0.5, 0.6) is 5.75 Å². The number of ether oxygens (including phenoxy) is 1. The molecule has 5 nitrogen and oxygen atoms in total. The van der Waals surface area contributed by atoms with Crippen LogP contribution in [0, 0.1) is 13.8 Å². The van der Waals surface area contributed by atoms with Crippen LogP contribution < -0.4 is 10.1 Å². The predicted octanol–water partition coefficient (Wildman–Crippen LogP) is 4.28. The third-order valence-corrected chi connectivity index (χ3v) is 3.55. The molecule has 2 aromatic carbocycles. The summed E-state index contributed by atoms with van der Waals surface area (Å²) in [6.45, 7) is 2.46. The number of hydrogen-bond donors (Lipinski definition) is 1. The Morgan fingerprint density at radius 3 is 2.62 bits per heavy atom. The molecule has 0 saturated carbocycles. The number of nitrogens with one attached hydrogen (secondary N) is 1. The van der Waals surface area contributed by atoms with Crippen LogP contribution >= 0.6 is 0 Å². The van der Waals surface area contributed by atoms with Crippen LogP contribution in [0.25, 0.3) is 0 Å². The lowest BCUT2D eigenvalue weighted by molar-refractivity contribution is -0.126. The van der Waals surface area contributed by atoms with Crippen molar-refractivity contribution in [1.82, 2.24) is 0 Å². The largest absolute Gasteiger partial charge is 0.434 e. The Bertz CT molecular complexity index is 794. The van der Waals surface area contributed by atoms with Crippen molar-refractivity contribution in [2.45, 2.75) is 33.5 Å². The first-order chi connectivity index (χ1) is 12.4. The third-order valence-electron chi connectivity index (χ3n) is 3.55. The average Bonchev–Trinajstić information content (AvgIpc) is 2.58. The summed E-state index contributed by atoms with van der Waals surface area (Å²) in [7, 11) is 0. The molecule has 0 saturated heterocycles. The molecule has 26 heavy (non-hydrogen) atoms. The van der Waals surface area contributed by atoms with E-state index in [1.54, 1.807) is 18.2 Å². The van der Waals surface area contributed by atoms with Crippen molar-refractivity contribution < 1.29 is 23.1 Å². The van der Waals surface area contributed by atoms with Gasteiger partial charge in [0.25, 0.3) is 5.91 Å². The Hall–Kier alpha value is -2.96. The molecule has 0 spiro atoms. The summed E-state index contributed by atoms with van der Waals surface area (Å²) >= 11 is 0. The minimum atomic E-state index is -2.94. The average molecular weight is 362 g/mol. The second-order valence-corrected chi connectivity index (χ2v) is 5.71. The SMILES string of the molecule is Cc1ccc(NC(=O)C(C)O/N=C/c2ccccc2OC(F)F)c(C)c1. The van der Waals surface area contributed by atoms with Gasteiger partial charge in [0.05, 0.1) is 6.21 Å². The van der Waals surface area contributed by atoms with E-state index in [-0.39, 0.29) is 11.7 Å². The molecule has 0 bridgehead atoms. The van der Waals surface area contributed by atoms with Crippen LogP contribution in [0.4, 0.5) is 14.5 Å². The van der Waals surface area contributed by atoms with Gasteiger partial charge in [-0.15, -0.1) is 0 Å². The smallest absolute Gasteiger partial charge is 0.387 e. The molecule has 0 aromatic heterocycles. The maximum atomic E-state index is 12.4. The lowest BCUT2D eigenvalue weighted by atomic mass is 10.1. The minimum Gasteiger partial charge on any atom is -0.434 e. The third kappa shape index (κ3) is 5.54. The Balaban J connectivity index is 1.96. The van der Waals surface area contributed by atoms with Crippen LogP contribution in [-0.4, -0.2) is 24.8 Å². The quantitative estimate of drug-likeness (QED) is 0.591. The van der Waals surface area contributed by atoms with Gasteiger partial charge < -0.3 is 14.9 Å². The van der Waals surface area contributed by atoms with Crippen molar-refractivity contribution in [3.63, 3.8) is 0 Å². The van der Waals surface area contributed by atoms with Gasteiger partial charge in [0.15, 0.2) is 0 Å². The number of rotatable bonds is 7. The zero-order valence-corrected chi connectivity index (χ0v) is 14.7. The van der Waals surface area contributed by atoms with Crippen LogP contribution in [-0.2, 0) is 9.63 Å². The molecule has 7 heteroatoms. The van der Waals surface area contributed by atoms with Gasteiger partial charge in [0.1, 0.15) is 5.75 Å². The number of carbonyl (C=O) groups excluding carboxylic acids is 1. The highest BCUT2D eigenvalue weighted by molar-refractivity contribution is 5.94. The number of oxime groups is 1. The Kier molecular flexibility index (Phi) is 6.66. The minimum absolute atomic E-state index is 0.0257. The Morgan fingerprint density at radius 1 is 1.19 bits per heavy atom. The molecule has 0 aliphatic carbocycles. The molecular formula is C19H20F2N2O3. The normalized spacial score (nSPS) is 12.2. The van der Waals surface area contributed by atoms with Crippen LogP contribution in [0.15, 0.2) is 47.6 Å². The molecule has 1 atom stereocenters. The van der Waals surface area contributed by atoms with Gasteiger partial charge in [0, 0.05) is 11.3 Å². The van der Waals surface area contributed by atoms with Crippen molar-refractivity contribution in [3.8, 4) is 5.75 Å². The molecule has 0 heterocycles. The number of nitrogens with zero attached hydrogens (tertiary/aromatic N) is 1. The number of hydrogen-bond acceptors (Lipinski definition) is 4. The number of halogens is 2. The lowest BCUT2D eigenvalue weighted by Crippen LogP contribution is -2.26. The zero-order valence-electron chi connectivity index (χ0n) is 14.7. The second-order valence-electron chi connectivity index (χ2n) is 5.71. The molecule has 2 rings (SSSR count). The van der Waals surface area contributed by atoms with E-state index in [4.69, 9.17) is 4.84 Å². The Morgan fingerprint density at radius 2 is 1.92 bits per heavy atom. The Labute approximate surface area is 150 Å². The van der Waals surface area contributed by atoms with Crippen LogP contribution in [0.3, 0.4) is 0 Å². The molecule has 0 aliphatic rings. The summed E-state index contributed by atoms with van der Waals surface area (Å²) in [5.74, 6) is -0.395. The molecule has 2 aromatic rings. The molecule has 1 unspecified atom stereocenters. The van der Waals surface area contributed by atoms with E-state index in [0.717, 1.165) is 11.1 Å². The second kappa shape index (κ2) is 8.94. The summed E-state index contributed by atoms with van der Waals surface area (Å²) in [5, 5.41) is 6.46. The molecule has 138 valence electrons. The van der Waals surface area contributed by atoms with Crippen LogP contribution in [0.2, 0.25) is 0 Å². The molecule has 0 aliphatic heterocycles. The van der Waals surface area contributed by atoms with Crippen molar-refractivity contribution in [2.24, 2.45) is 5.16 Å². The number of para-hydroxylation sites is 1. The summed E-state index contributed by atoms with van der Waals surface area (Å²) in [4.78, 5) is 17.3. The van der Waals surface area contributed by atoms with Gasteiger partial charge in [-0.2, -0.15) is 8.78 Å². The van der Waals surface area contributed by atoms with E-state index < -0.39 is 12.7 Å². The van der Waals surface area contributed by atoms with Gasteiger partial charge >= 0.3 is 6.61 Å². The standard InChI is InChI=1S/C19H20F2N2O3/c1-12-8-9-16(13(2)10-12)23-18(24)14(3)26-22-11-15-6-4-5-7-17(15)25-19(20)21/h4-11,14,19H,1-3H3,(H,23,24)/b22-11+. The van der Waals surface area contributed by atoms with Crippen molar-refractivity contribution in [2.75, 3.05) is 5.32 Å². The zero-order chi connectivity index (χ0) is 19.1. The summed E-state index contributed by atoms with van der Waals surface area (Å²) in [5.41, 5.74) is 3.04. The highest BCUT2D eigenvalue weighted by atomic mass is 19.3. The van der Waals surface area contributed by atoms with Gasteiger partial charge in [-0.1, -0.05) is 35.0 Å². The predicted molar refractivity (Wildman–Crippen MR) is 95.8 cm³/mol. The van der Waals surface area contributed by atoms with Crippen LogP contribution in [0.1, 0.15) is 23.6 Å². The summed E-state index contributed by atoms with van der Waals surface area (Å²) in [6.07, 6.45) is 0.355. The number of anilines is 1. The van der Waals surface area contributed by atoms with Crippen molar-refractivity contribution >= 4 is 17.8 Å². The molecule has 0 radical (unpaired) electrons. The molecule has 1 N–H and O–H groups in total. The van der Waals surface area contributed by atoms with Gasteiger partial charge in [-0.3, -0.25) is 4.79 Å². The highest BCUT2D eigenvalue weighted by Crippen LogP contribution is 2.19. The first kappa shape index (κ1) is 19.4. The number of benzene rings is 2. The number of aryl methyl sites for hydroxylation is 2. The van der Waals surface area contributed by atoms with E-state index in [1.165, 1.54) is 19.2 Å². The topological polar surface area (TPSA) is 59.9 Å². The number of carbonyl (C=O) groups is 1. The first-order valence-electron chi connectivity index (χ1n) is 7.98. The fourth-order valence-electron chi connectivity index (χ4n) is 2.21. The van der Waals surface area contributed by atoms with Gasteiger partial charge in [-0.25, -0.2) is 0 Å². The fraction of sp³-hybridized carbons (Fsp3) is 0.263. The summed E-state index contributed by atoms with van der Waals surface area (Å²) < 4.78 is 29.1. The van der Waals surface area contributed by atoms with Crippen molar-refractivity contribution in [1.29, 1.82) is 0 Å². The van der Waals surface area contributed by atoms with Gasteiger partial charge in [0.2, 0.25) is 6.10 Å². The first-order valence-corrected chi connectivity index (χ1v) is 7.98. The van der Waals surface area contributed by atoms with E-state index in [9.17, 15) is 13.6 Å². The van der Waals surface area contributed by atoms with E-state index in [1.807, 2.05) is 32.0 Å². The maximum absolute atomic E-state index is 12.4. The molecular weight excluding hydrogens is 342 g/mol.